The van der Waals surface area contributed by atoms with Gasteiger partial charge in [-0.05, 0) is 47.9 Å². The number of ether oxygens (including phenoxy) is 1. The maximum absolute atomic E-state index is 13.4. The molecule has 2 aromatic rings. The van der Waals surface area contributed by atoms with Gasteiger partial charge in [-0.1, -0.05) is 30.7 Å². The molecular weight excluding hydrogens is 345 g/mol. The Balaban J connectivity index is 2.01. The molecule has 1 aliphatic heterocycles. The van der Waals surface area contributed by atoms with Crippen LogP contribution in [0.2, 0.25) is 5.02 Å². The first-order valence-electron chi connectivity index (χ1n) is 7.73. The smallest absolute Gasteiger partial charge is 0.449 e. The molecule has 0 aliphatic carbocycles. The van der Waals surface area contributed by atoms with Crippen LogP contribution in [0.4, 0.5) is 14.9 Å². The van der Waals surface area contributed by atoms with Crippen LogP contribution < -0.4 is 10.1 Å². The molecule has 0 radical (unpaired) electrons. The van der Waals surface area contributed by atoms with Gasteiger partial charge in [-0.25, -0.2) is 9.18 Å². The average molecular weight is 362 g/mol. The van der Waals surface area contributed by atoms with E-state index >= 15 is 0 Å². The second kappa shape index (κ2) is 6.41. The number of allylic oxidation sites excluding steroid dienone is 1. The Bertz CT molecular complexity index is 855. The van der Waals surface area contributed by atoms with Crippen LogP contribution in [-0.4, -0.2) is 11.3 Å². The van der Waals surface area contributed by atoms with Crippen LogP contribution in [0.5, 0.6) is 5.75 Å². The van der Waals surface area contributed by atoms with E-state index in [0.29, 0.717) is 6.42 Å². The van der Waals surface area contributed by atoms with Crippen LogP contribution in [0, 0.1) is 5.82 Å². The molecule has 1 aliphatic rings. The van der Waals surface area contributed by atoms with Gasteiger partial charge in [0.15, 0.2) is 0 Å². The van der Waals surface area contributed by atoms with Gasteiger partial charge in [0, 0.05) is 11.1 Å². The highest BCUT2D eigenvalue weighted by Crippen LogP contribution is 2.46. The van der Waals surface area contributed by atoms with Crippen molar-refractivity contribution >= 4 is 23.4 Å². The highest BCUT2D eigenvalue weighted by molar-refractivity contribution is 6.30. The van der Waals surface area contributed by atoms with E-state index < -0.39 is 17.4 Å². The number of carbonyl (C=O) groups is 1. The third-order valence-electron chi connectivity index (χ3n) is 4.57. The third kappa shape index (κ3) is 3.33. The number of hydrogen-bond acceptors (Lipinski definition) is 3. The van der Waals surface area contributed by atoms with Crippen LogP contribution in [0.3, 0.4) is 0 Å². The summed E-state index contributed by atoms with van der Waals surface area (Å²) in [6.45, 7) is 5.95. The minimum Gasteiger partial charge on any atom is -0.449 e. The summed E-state index contributed by atoms with van der Waals surface area (Å²) in [6, 6.07) is 9.64. The molecule has 2 N–H and O–H groups in total. The molecule has 0 bridgehead atoms. The zero-order valence-corrected chi connectivity index (χ0v) is 14.3. The van der Waals surface area contributed by atoms with E-state index in [-0.39, 0.29) is 16.8 Å². The van der Waals surface area contributed by atoms with Crippen molar-refractivity contribution in [3.63, 3.8) is 0 Å². The summed E-state index contributed by atoms with van der Waals surface area (Å²) in [5.74, 6) is -0.201. The lowest BCUT2D eigenvalue weighted by molar-refractivity contribution is 0.144. The van der Waals surface area contributed by atoms with Crippen LogP contribution in [-0.2, 0) is 5.41 Å². The molecule has 0 amide bonds. The van der Waals surface area contributed by atoms with Gasteiger partial charge in [0.2, 0.25) is 0 Å². The standard InChI is InChI=1S/C19H17ClFNO3/c1-3-19(2)10-17(11-4-6-15(21)14(20)8-11)22-16-7-5-12(9-13(16)19)25-18(23)24/h3-9,17,22H,1,10H2,2H3,(H,23,24). The van der Waals surface area contributed by atoms with Gasteiger partial charge in [0.25, 0.3) is 0 Å². The van der Waals surface area contributed by atoms with Gasteiger partial charge in [-0.3, -0.25) is 0 Å². The van der Waals surface area contributed by atoms with Crippen molar-refractivity contribution in [3.05, 3.63) is 71.0 Å². The van der Waals surface area contributed by atoms with Crippen molar-refractivity contribution < 1.29 is 19.0 Å². The van der Waals surface area contributed by atoms with Gasteiger partial charge in [0.1, 0.15) is 11.6 Å². The second-order valence-electron chi connectivity index (χ2n) is 6.27. The van der Waals surface area contributed by atoms with E-state index in [1.807, 2.05) is 13.0 Å². The summed E-state index contributed by atoms with van der Waals surface area (Å²) in [6.07, 6.45) is 1.13. The van der Waals surface area contributed by atoms with Crippen LogP contribution in [0.15, 0.2) is 49.1 Å². The predicted molar refractivity (Wildman–Crippen MR) is 95.0 cm³/mol. The average Bonchev–Trinajstić information content (AvgIpc) is 2.57. The Hall–Kier alpha value is -2.53. The molecular formula is C19H17ClFNO3. The molecule has 0 aromatic heterocycles. The molecule has 0 fully saturated rings. The number of halogens is 2. The summed E-state index contributed by atoms with van der Waals surface area (Å²) in [5.41, 5.74) is 2.20. The third-order valence-corrected chi connectivity index (χ3v) is 4.86. The van der Waals surface area contributed by atoms with E-state index in [4.69, 9.17) is 21.4 Å². The first-order valence-corrected chi connectivity index (χ1v) is 8.10. The van der Waals surface area contributed by atoms with Crippen molar-refractivity contribution in [1.29, 1.82) is 0 Å². The minimum absolute atomic E-state index is 0.0793. The number of carboxylic acid groups (broad SMARTS) is 1. The fourth-order valence-corrected chi connectivity index (χ4v) is 3.37. The fourth-order valence-electron chi connectivity index (χ4n) is 3.18. The van der Waals surface area contributed by atoms with Gasteiger partial charge in [-0.2, -0.15) is 0 Å². The summed E-state index contributed by atoms with van der Waals surface area (Å²) < 4.78 is 18.2. The first-order chi connectivity index (χ1) is 11.8. The zero-order chi connectivity index (χ0) is 18.2. The van der Waals surface area contributed by atoms with E-state index in [1.165, 1.54) is 6.07 Å². The molecule has 0 saturated heterocycles. The molecule has 0 spiro atoms. The highest BCUT2D eigenvalue weighted by atomic mass is 35.5. The fraction of sp³-hybridized carbons (Fsp3) is 0.211. The lowest BCUT2D eigenvalue weighted by atomic mass is 9.72. The van der Waals surface area contributed by atoms with E-state index in [0.717, 1.165) is 16.8 Å². The van der Waals surface area contributed by atoms with Gasteiger partial charge < -0.3 is 15.2 Å². The summed E-state index contributed by atoms with van der Waals surface area (Å²) in [5, 5.41) is 12.3. The SMILES string of the molecule is C=CC1(C)CC(c2ccc(F)c(Cl)c2)Nc2ccc(OC(=O)O)cc21. The lowest BCUT2D eigenvalue weighted by Gasteiger charge is -2.39. The van der Waals surface area contributed by atoms with Crippen molar-refractivity contribution in [3.8, 4) is 5.75 Å². The molecule has 4 nitrogen and oxygen atoms in total. The normalized spacial score (nSPS) is 21.8. The number of anilines is 1. The number of benzene rings is 2. The first kappa shape index (κ1) is 17.3. The molecule has 25 heavy (non-hydrogen) atoms. The molecule has 0 saturated carbocycles. The van der Waals surface area contributed by atoms with Gasteiger partial charge >= 0.3 is 6.16 Å². The quantitative estimate of drug-likeness (QED) is 0.428. The highest BCUT2D eigenvalue weighted by Gasteiger charge is 2.35. The van der Waals surface area contributed by atoms with Crippen LogP contribution in [0.25, 0.3) is 0 Å². The summed E-state index contributed by atoms with van der Waals surface area (Å²) in [7, 11) is 0. The van der Waals surface area contributed by atoms with E-state index in [2.05, 4.69) is 11.9 Å². The van der Waals surface area contributed by atoms with Crippen molar-refractivity contribution in [1.82, 2.24) is 0 Å². The molecule has 2 aromatic carbocycles. The predicted octanol–water partition coefficient (Wildman–Crippen LogP) is 5.54. The Morgan fingerprint density at radius 1 is 1.44 bits per heavy atom. The molecule has 1 heterocycles. The van der Waals surface area contributed by atoms with Crippen molar-refractivity contribution in [2.75, 3.05) is 5.32 Å². The van der Waals surface area contributed by atoms with Crippen LogP contribution >= 0.6 is 11.6 Å². The summed E-state index contributed by atoms with van der Waals surface area (Å²) in [4.78, 5) is 10.8. The molecule has 130 valence electrons. The Morgan fingerprint density at radius 3 is 2.84 bits per heavy atom. The van der Waals surface area contributed by atoms with Gasteiger partial charge in [-0.15, -0.1) is 6.58 Å². The monoisotopic (exact) mass is 361 g/mol. The number of fused-ring (bicyclic) bond motifs is 1. The summed E-state index contributed by atoms with van der Waals surface area (Å²) >= 11 is 5.91. The Labute approximate surface area is 149 Å². The minimum atomic E-state index is -1.36. The van der Waals surface area contributed by atoms with E-state index in [1.54, 1.807) is 30.3 Å². The van der Waals surface area contributed by atoms with E-state index in [9.17, 15) is 9.18 Å². The maximum Gasteiger partial charge on any atom is 0.511 e. The Kier molecular flexibility index (Phi) is 4.43. The largest absolute Gasteiger partial charge is 0.511 e. The second-order valence-corrected chi connectivity index (χ2v) is 6.68. The van der Waals surface area contributed by atoms with Crippen molar-refractivity contribution in [2.45, 2.75) is 24.8 Å². The van der Waals surface area contributed by atoms with Gasteiger partial charge in [0.05, 0.1) is 11.1 Å². The topological polar surface area (TPSA) is 58.6 Å². The van der Waals surface area contributed by atoms with Crippen LogP contribution in [0.1, 0.15) is 30.5 Å². The number of rotatable bonds is 3. The zero-order valence-electron chi connectivity index (χ0n) is 13.6. The number of hydrogen-bond donors (Lipinski definition) is 2. The molecule has 2 atom stereocenters. The maximum atomic E-state index is 13.4. The lowest BCUT2D eigenvalue weighted by Crippen LogP contribution is -2.32. The molecule has 6 heteroatoms. The molecule has 3 rings (SSSR count). The van der Waals surface area contributed by atoms with Crippen molar-refractivity contribution in [2.24, 2.45) is 0 Å². The molecule has 2 unspecified atom stereocenters. The number of nitrogens with one attached hydrogen (secondary N) is 1. The Morgan fingerprint density at radius 2 is 2.20 bits per heavy atom.